The van der Waals surface area contributed by atoms with Crippen LogP contribution in [0.2, 0.25) is 10.3 Å². The van der Waals surface area contributed by atoms with Crippen molar-refractivity contribution in [2.75, 3.05) is 6.61 Å². The Balaban J connectivity index is 1.89. The van der Waals surface area contributed by atoms with Crippen LogP contribution in [0.4, 0.5) is 0 Å². The number of rotatable bonds is 4. The van der Waals surface area contributed by atoms with Gasteiger partial charge in [-0.25, -0.2) is 0 Å². The second-order valence-corrected chi connectivity index (χ2v) is 4.15. The average Bonchev–Trinajstić information content (AvgIpc) is 2.95. The Morgan fingerprint density at radius 3 is 2.86 bits per heavy atom. The summed E-state index contributed by atoms with van der Waals surface area (Å²) in [5, 5.41) is 7.82. The molecule has 1 heterocycles. The lowest BCUT2D eigenvalue weighted by Gasteiger charge is -2.05. The number of aromatic nitrogens is 2. The molecule has 0 N–H and O–H groups in total. The maximum Gasteiger partial charge on any atom is 0.193 e. The third-order valence-corrected chi connectivity index (χ3v) is 2.61. The lowest BCUT2D eigenvalue weighted by atomic mass is 10.3. The van der Waals surface area contributed by atoms with Crippen molar-refractivity contribution in [1.82, 2.24) is 10.2 Å². The Kier molecular flexibility index (Phi) is 3.08. The third kappa shape index (κ3) is 2.72. The highest BCUT2D eigenvalue weighted by atomic mass is 35.5. The zero-order valence-corrected chi connectivity index (χ0v) is 9.05. The minimum atomic E-state index is 0.269. The molecule has 1 aromatic rings. The van der Waals surface area contributed by atoms with Crippen molar-refractivity contribution in [3.63, 3.8) is 0 Å². The molecule has 0 saturated heterocycles. The van der Waals surface area contributed by atoms with E-state index in [1.807, 2.05) is 0 Å². The fraction of sp³-hybridized carbons (Fsp3) is 0.556. The first-order valence-electron chi connectivity index (χ1n) is 4.57. The highest BCUT2D eigenvalue weighted by Crippen LogP contribution is 2.32. The largest absolute Gasteiger partial charge is 0.490 e. The molecule has 0 aliphatic heterocycles. The zero-order chi connectivity index (χ0) is 9.97. The Labute approximate surface area is 92.4 Å². The van der Waals surface area contributed by atoms with Crippen LogP contribution in [0.5, 0.6) is 5.75 Å². The quantitative estimate of drug-likeness (QED) is 0.801. The highest BCUT2D eigenvalue weighted by molar-refractivity contribution is 6.32. The molecular formula is C9H10Cl2N2O. The molecule has 1 aromatic heterocycles. The summed E-state index contributed by atoms with van der Waals surface area (Å²) >= 11 is 11.4. The molecular weight excluding hydrogens is 223 g/mol. The fourth-order valence-corrected chi connectivity index (χ4v) is 1.46. The van der Waals surface area contributed by atoms with Gasteiger partial charge in [-0.15, -0.1) is 10.2 Å². The first-order valence-corrected chi connectivity index (χ1v) is 5.33. The number of ether oxygens (including phenoxy) is 1. The zero-order valence-electron chi connectivity index (χ0n) is 7.54. The van der Waals surface area contributed by atoms with Gasteiger partial charge in [-0.2, -0.15) is 0 Å². The molecule has 76 valence electrons. The summed E-state index contributed by atoms with van der Waals surface area (Å²) in [5.41, 5.74) is 0. The second kappa shape index (κ2) is 4.32. The molecule has 14 heavy (non-hydrogen) atoms. The average molecular weight is 233 g/mol. The van der Waals surface area contributed by atoms with Crippen LogP contribution < -0.4 is 4.74 Å². The van der Waals surface area contributed by atoms with Crippen molar-refractivity contribution in [3.8, 4) is 5.75 Å². The minimum absolute atomic E-state index is 0.269. The summed E-state index contributed by atoms with van der Waals surface area (Å²) in [6, 6.07) is 1.59. The molecule has 1 aliphatic carbocycles. The maximum absolute atomic E-state index is 5.77. The summed E-state index contributed by atoms with van der Waals surface area (Å²) in [6.07, 6.45) is 3.73. The van der Waals surface area contributed by atoms with Crippen molar-refractivity contribution in [3.05, 3.63) is 16.4 Å². The molecule has 1 saturated carbocycles. The van der Waals surface area contributed by atoms with Crippen molar-refractivity contribution in [1.29, 1.82) is 0 Å². The van der Waals surface area contributed by atoms with E-state index in [0.717, 1.165) is 12.3 Å². The second-order valence-electron chi connectivity index (χ2n) is 3.40. The van der Waals surface area contributed by atoms with Gasteiger partial charge in [0.05, 0.1) is 6.61 Å². The van der Waals surface area contributed by atoms with Gasteiger partial charge in [0, 0.05) is 6.07 Å². The standard InChI is InChI=1S/C9H10Cl2N2O/c10-8-5-7(9(11)13-12-8)14-4-3-6-1-2-6/h5-6H,1-4H2. The van der Waals surface area contributed by atoms with Crippen LogP contribution in [-0.4, -0.2) is 16.8 Å². The van der Waals surface area contributed by atoms with E-state index < -0.39 is 0 Å². The van der Waals surface area contributed by atoms with Gasteiger partial charge in [-0.3, -0.25) is 0 Å². The lowest BCUT2D eigenvalue weighted by molar-refractivity contribution is 0.301. The van der Waals surface area contributed by atoms with Crippen LogP contribution in [0.25, 0.3) is 0 Å². The third-order valence-electron chi connectivity index (χ3n) is 2.17. The van der Waals surface area contributed by atoms with Crippen LogP contribution in [-0.2, 0) is 0 Å². The van der Waals surface area contributed by atoms with Gasteiger partial charge in [0.2, 0.25) is 0 Å². The van der Waals surface area contributed by atoms with Crippen LogP contribution in [0.1, 0.15) is 19.3 Å². The summed E-state index contributed by atoms with van der Waals surface area (Å²) < 4.78 is 5.45. The van der Waals surface area contributed by atoms with Crippen molar-refractivity contribution in [2.24, 2.45) is 5.92 Å². The molecule has 5 heteroatoms. The van der Waals surface area contributed by atoms with Crippen molar-refractivity contribution < 1.29 is 4.74 Å². The predicted molar refractivity (Wildman–Crippen MR) is 54.9 cm³/mol. The van der Waals surface area contributed by atoms with Crippen LogP contribution in [0, 0.1) is 5.92 Å². The van der Waals surface area contributed by atoms with E-state index in [1.165, 1.54) is 12.8 Å². The van der Waals surface area contributed by atoms with Crippen LogP contribution in [0.15, 0.2) is 6.07 Å². The van der Waals surface area contributed by atoms with E-state index in [4.69, 9.17) is 27.9 Å². The van der Waals surface area contributed by atoms with Gasteiger partial charge < -0.3 is 4.74 Å². The molecule has 0 atom stereocenters. The van der Waals surface area contributed by atoms with Crippen molar-refractivity contribution >= 4 is 23.2 Å². The van der Waals surface area contributed by atoms with E-state index in [0.29, 0.717) is 17.5 Å². The predicted octanol–water partition coefficient (Wildman–Crippen LogP) is 2.96. The van der Waals surface area contributed by atoms with Gasteiger partial charge in [0.15, 0.2) is 16.1 Å². The first-order chi connectivity index (χ1) is 6.75. The smallest absolute Gasteiger partial charge is 0.193 e. The van der Waals surface area contributed by atoms with Gasteiger partial charge in [-0.1, -0.05) is 36.0 Å². The maximum atomic E-state index is 5.77. The number of halogens is 2. The van der Waals surface area contributed by atoms with E-state index in [-0.39, 0.29) is 5.15 Å². The molecule has 0 aromatic carbocycles. The highest BCUT2D eigenvalue weighted by Gasteiger charge is 2.20. The van der Waals surface area contributed by atoms with Crippen molar-refractivity contribution in [2.45, 2.75) is 19.3 Å². The van der Waals surface area contributed by atoms with Gasteiger partial charge in [-0.05, 0) is 12.3 Å². The Morgan fingerprint density at radius 2 is 2.14 bits per heavy atom. The molecule has 1 fully saturated rings. The monoisotopic (exact) mass is 232 g/mol. The summed E-state index contributed by atoms with van der Waals surface area (Å²) in [4.78, 5) is 0. The summed E-state index contributed by atoms with van der Waals surface area (Å²) in [5.74, 6) is 1.37. The van der Waals surface area contributed by atoms with E-state index in [1.54, 1.807) is 6.07 Å². The fourth-order valence-electron chi connectivity index (χ4n) is 1.18. The molecule has 0 amide bonds. The number of hydrogen-bond acceptors (Lipinski definition) is 3. The minimum Gasteiger partial charge on any atom is -0.490 e. The topological polar surface area (TPSA) is 35.0 Å². The Bertz CT molecular complexity index is 329. The SMILES string of the molecule is Clc1cc(OCCC2CC2)c(Cl)nn1. The van der Waals surface area contributed by atoms with Crippen LogP contribution in [0.3, 0.4) is 0 Å². The van der Waals surface area contributed by atoms with Gasteiger partial charge in [0.1, 0.15) is 0 Å². The first kappa shape index (κ1) is 9.99. The Morgan fingerprint density at radius 1 is 1.36 bits per heavy atom. The molecule has 0 bridgehead atoms. The molecule has 0 radical (unpaired) electrons. The Hall–Kier alpha value is -0.540. The normalized spacial score (nSPS) is 15.6. The molecule has 1 aliphatic rings. The number of hydrogen-bond donors (Lipinski definition) is 0. The van der Waals surface area contributed by atoms with E-state index in [2.05, 4.69) is 10.2 Å². The summed E-state index contributed by atoms with van der Waals surface area (Å²) in [7, 11) is 0. The molecule has 0 spiro atoms. The van der Waals surface area contributed by atoms with Gasteiger partial charge in [0.25, 0.3) is 0 Å². The molecule has 0 unspecified atom stereocenters. The molecule has 2 rings (SSSR count). The lowest BCUT2D eigenvalue weighted by Crippen LogP contribution is -2.00. The van der Waals surface area contributed by atoms with E-state index >= 15 is 0 Å². The number of nitrogens with zero attached hydrogens (tertiary/aromatic N) is 2. The van der Waals surface area contributed by atoms with E-state index in [9.17, 15) is 0 Å². The molecule has 3 nitrogen and oxygen atoms in total. The summed E-state index contributed by atoms with van der Waals surface area (Å²) in [6.45, 7) is 0.673. The van der Waals surface area contributed by atoms with Crippen LogP contribution >= 0.6 is 23.2 Å². The van der Waals surface area contributed by atoms with Gasteiger partial charge >= 0.3 is 0 Å².